The minimum atomic E-state index is -0.789. The van der Waals surface area contributed by atoms with Crippen molar-refractivity contribution in [3.8, 4) is 5.75 Å². The van der Waals surface area contributed by atoms with Crippen LogP contribution < -0.4 is 15.8 Å². The van der Waals surface area contributed by atoms with E-state index in [0.717, 1.165) is 17.0 Å². The normalized spacial score (nSPS) is 11.0. The van der Waals surface area contributed by atoms with E-state index < -0.39 is 5.41 Å². The van der Waals surface area contributed by atoms with Crippen molar-refractivity contribution in [1.82, 2.24) is 0 Å². The lowest BCUT2D eigenvalue weighted by molar-refractivity contribution is -0.122. The van der Waals surface area contributed by atoms with Gasteiger partial charge in [0.1, 0.15) is 5.75 Å². The summed E-state index contributed by atoms with van der Waals surface area (Å²) in [5, 5.41) is 2.90. The van der Waals surface area contributed by atoms with Gasteiger partial charge in [0.15, 0.2) is 0 Å². The van der Waals surface area contributed by atoms with Crippen LogP contribution in [0.4, 0.5) is 5.69 Å². The Morgan fingerprint density at radius 1 is 1.40 bits per heavy atom. The number of anilines is 1. The van der Waals surface area contributed by atoms with Crippen LogP contribution in [-0.4, -0.2) is 18.0 Å². The van der Waals surface area contributed by atoms with E-state index in [-0.39, 0.29) is 10.9 Å². The molecule has 1 aromatic carbocycles. The Labute approximate surface area is 125 Å². The van der Waals surface area contributed by atoms with Gasteiger partial charge in [-0.15, -0.1) is 0 Å². The maximum absolute atomic E-state index is 12.5. The highest BCUT2D eigenvalue weighted by atomic mass is 32.1. The third-order valence-corrected chi connectivity index (χ3v) is 4.16. The molecule has 0 saturated heterocycles. The van der Waals surface area contributed by atoms with Gasteiger partial charge < -0.3 is 15.8 Å². The lowest BCUT2D eigenvalue weighted by Gasteiger charge is -2.29. The van der Waals surface area contributed by atoms with E-state index in [0.29, 0.717) is 12.8 Å². The Morgan fingerprint density at radius 3 is 2.40 bits per heavy atom. The predicted molar refractivity (Wildman–Crippen MR) is 86.2 cm³/mol. The van der Waals surface area contributed by atoms with Crippen molar-refractivity contribution in [1.29, 1.82) is 0 Å². The summed E-state index contributed by atoms with van der Waals surface area (Å²) >= 11 is 5.08. The number of aryl methyl sites for hydroxylation is 1. The van der Waals surface area contributed by atoms with Crippen LogP contribution in [0.1, 0.15) is 32.3 Å². The van der Waals surface area contributed by atoms with Gasteiger partial charge in [0.25, 0.3) is 0 Å². The van der Waals surface area contributed by atoms with E-state index in [2.05, 4.69) is 5.32 Å². The topological polar surface area (TPSA) is 64.3 Å². The average molecular weight is 294 g/mol. The molecular formula is C15H22N2O2S. The number of nitrogens with two attached hydrogens (primary N) is 1. The smallest absolute Gasteiger partial charge is 0.237 e. The first-order chi connectivity index (χ1) is 9.41. The van der Waals surface area contributed by atoms with Crippen molar-refractivity contribution >= 4 is 28.8 Å². The van der Waals surface area contributed by atoms with E-state index in [4.69, 9.17) is 22.7 Å². The molecule has 0 bridgehead atoms. The number of hydrogen-bond acceptors (Lipinski definition) is 3. The number of ether oxygens (including phenoxy) is 1. The summed E-state index contributed by atoms with van der Waals surface area (Å²) < 4.78 is 5.20. The zero-order valence-corrected chi connectivity index (χ0v) is 13.3. The quantitative estimate of drug-likeness (QED) is 0.792. The highest BCUT2D eigenvalue weighted by Gasteiger charge is 2.38. The second kappa shape index (κ2) is 6.70. The molecule has 3 N–H and O–H groups in total. The molecule has 20 heavy (non-hydrogen) atoms. The molecule has 110 valence electrons. The molecule has 1 rings (SSSR count). The molecule has 0 aliphatic rings. The summed E-state index contributed by atoms with van der Waals surface area (Å²) in [6.07, 6.45) is 1.17. The third-order valence-electron chi connectivity index (χ3n) is 3.77. The Bertz CT molecular complexity index is 511. The summed E-state index contributed by atoms with van der Waals surface area (Å²) in [5.41, 5.74) is 6.66. The van der Waals surface area contributed by atoms with E-state index >= 15 is 0 Å². The van der Waals surface area contributed by atoms with Gasteiger partial charge in [-0.25, -0.2) is 0 Å². The Balaban J connectivity index is 3.00. The lowest BCUT2D eigenvalue weighted by Crippen LogP contribution is -2.45. The number of nitrogens with one attached hydrogen (secondary N) is 1. The van der Waals surface area contributed by atoms with Crippen LogP contribution in [0.15, 0.2) is 18.2 Å². The van der Waals surface area contributed by atoms with Gasteiger partial charge in [-0.2, -0.15) is 0 Å². The van der Waals surface area contributed by atoms with Crippen LogP contribution in [-0.2, 0) is 4.79 Å². The van der Waals surface area contributed by atoms with Crippen molar-refractivity contribution < 1.29 is 9.53 Å². The van der Waals surface area contributed by atoms with Gasteiger partial charge in [0.2, 0.25) is 5.91 Å². The molecule has 0 atom stereocenters. The summed E-state index contributed by atoms with van der Waals surface area (Å²) in [7, 11) is 1.62. The average Bonchev–Trinajstić information content (AvgIpc) is 2.40. The first-order valence-electron chi connectivity index (χ1n) is 6.67. The van der Waals surface area contributed by atoms with Crippen molar-refractivity contribution in [2.45, 2.75) is 33.6 Å². The second-order valence-electron chi connectivity index (χ2n) is 4.79. The van der Waals surface area contributed by atoms with Crippen LogP contribution in [0.2, 0.25) is 0 Å². The summed E-state index contributed by atoms with van der Waals surface area (Å²) in [5.74, 6) is 0.633. The molecule has 0 unspecified atom stereocenters. The number of carbonyl (C=O) groups excluding carboxylic acids is 1. The predicted octanol–water partition coefficient (Wildman–Crippen LogP) is 3.03. The van der Waals surface area contributed by atoms with E-state index in [1.807, 2.05) is 32.9 Å². The number of thiocarbonyl (C=S) groups is 1. The van der Waals surface area contributed by atoms with Gasteiger partial charge in [-0.05, 0) is 43.5 Å². The molecule has 0 heterocycles. The third kappa shape index (κ3) is 3.10. The van der Waals surface area contributed by atoms with Gasteiger partial charge in [-0.3, -0.25) is 4.79 Å². The Kier molecular flexibility index (Phi) is 5.51. The molecule has 1 amide bonds. The molecule has 0 fully saturated rings. The molecule has 5 heteroatoms. The SMILES string of the molecule is CCC(CC)(C(=O)Nc1ccc(OC)c(C)c1)C(N)=S. The number of benzene rings is 1. The summed E-state index contributed by atoms with van der Waals surface area (Å²) in [6, 6.07) is 5.50. The largest absolute Gasteiger partial charge is 0.496 e. The van der Waals surface area contributed by atoms with Gasteiger partial charge in [-0.1, -0.05) is 26.1 Å². The first kappa shape index (κ1) is 16.4. The Morgan fingerprint density at radius 2 is 2.00 bits per heavy atom. The zero-order chi connectivity index (χ0) is 15.3. The Hall–Kier alpha value is -1.62. The molecule has 0 aliphatic heterocycles. The molecule has 0 aromatic heterocycles. The van der Waals surface area contributed by atoms with Crippen molar-refractivity contribution in [3.05, 3.63) is 23.8 Å². The number of carbonyl (C=O) groups is 1. The van der Waals surface area contributed by atoms with Gasteiger partial charge >= 0.3 is 0 Å². The standard InChI is InChI=1S/C15H22N2O2S/c1-5-15(6-2,13(16)20)14(18)17-11-7-8-12(19-4)10(3)9-11/h7-9H,5-6H2,1-4H3,(H2,16,20)(H,17,18). The van der Waals surface area contributed by atoms with Crippen molar-refractivity contribution in [2.75, 3.05) is 12.4 Å². The molecule has 4 nitrogen and oxygen atoms in total. The molecule has 0 aliphatic carbocycles. The lowest BCUT2D eigenvalue weighted by atomic mass is 9.81. The second-order valence-corrected chi connectivity index (χ2v) is 5.23. The van der Waals surface area contributed by atoms with Gasteiger partial charge in [0.05, 0.1) is 17.5 Å². The maximum Gasteiger partial charge on any atom is 0.237 e. The molecule has 1 aromatic rings. The molecule has 0 saturated carbocycles. The highest BCUT2D eigenvalue weighted by Crippen LogP contribution is 2.30. The molecular weight excluding hydrogens is 272 g/mol. The minimum absolute atomic E-state index is 0.153. The van der Waals surface area contributed by atoms with Crippen LogP contribution >= 0.6 is 12.2 Å². The maximum atomic E-state index is 12.5. The summed E-state index contributed by atoms with van der Waals surface area (Å²) in [4.78, 5) is 12.7. The van der Waals surface area contributed by atoms with Crippen LogP contribution in [0, 0.1) is 12.3 Å². The molecule has 0 radical (unpaired) electrons. The monoisotopic (exact) mass is 294 g/mol. The number of hydrogen-bond donors (Lipinski definition) is 2. The van der Waals surface area contributed by atoms with Crippen LogP contribution in [0.25, 0.3) is 0 Å². The number of amides is 1. The van der Waals surface area contributed by atoms with E-state index in [1.54, 1.807) is 13.2 Å². The van der Waals surface area contributed by atoms with E-state index in [1.165, 1.54) is 0 Å². The first-order valence-corrected chi connectivity index (χ1v) is 7.08. The fraction of sp³-hybridized carbons (Fsp3) is 0.467. The fourth-order valence-corrected chi connectivity index (χ4v) is 2.62. The van der Waals surface area contributed by atoms with E-state index in [9.17, 15) is 4.79 Å². The highest BCUT2D eigenvalue weighted by molar-refractivity contribution is 7.80. The fourth-order valence-electron chi connectivity index (χ4n) is 2.24. The molecule has 0 spiro atoms. The van der Waals surface area contributed by atoms with Crippen molar-refractivity contribution in [2.24, 2.45) is 11.1 Å². The van der Waals surface area contributed by atoms with Gasteiger partial charge in [0, 0.05) is 5.69 Å². The number of methoxy groups -OCH3 is 1. The van der Waals surface area contributed by atoms with Crippen molar-refractivity contribution in [3.63, 3.8) is 0 Å². The summed E-state index contributed by atoms with van der Waals surface area (Å²) in [6.45, 7) is 5.76. The van der Waals surface area contributed by atoms with Crippen LogP contribution in [0.5, 0.6) is 5.75 Å². The van der Waals surface area contributed by atoms with Crippen LogP contribution in [0.3, 0.4) is 0 Å². The minimum Gasteiger partial charge on any atom is -0.496 e. The number of rotatable bonds is 6. The zero-order valence-electron chi connectivity index (χ0n) is 12.4.